The molecule has 1 aromatic heterocycles. The van der Waals surface area contributed by atoms with Crippen LogP contribution < -0.4 is 5.32 Å². The third-order valence-corrected chi connectivity index (χ3v) is 3.91. The van der Waals surface area contributed by atoms with Crippen molar-refractivity contribution >= 4 is 0 Å². The van der Waals surface area contributed by atoms with Crippen LogP contribution in [0.15, 0.2) is 12.3 Å². The number of halogens is 3. The number of alkyl halides is 3. The summed E-state index contributed by atoms with van der Waals surface area (Å²) in [5, 5.41) is 12.0. The van der Waals surface area contributed by atoms with E-state index in [-0.39, 0.29) is 18.9 Å². The monoisotopic (exact) mass is 285 g/mol. The molecule has 1 saturated carbocycles. The predicted molar refractivity (Wildman–Crippen MR) is 68.8 cm³/mol. The topological polar surface area (TPSA) is 40.8 Å². The predicted octanol–water partition coefficient (Wildman–Crippen LogP) is 3.11. The first kappa shape index (κ1) is 14.9. The van der Waals surface area contributed by atoms with Gasteiger partial charge in [0.25, 0.3) is 0 Å². The van der Waals surface area contributed by atoms with Crippen molar-refractivity contribution in [2.24, 2.45) is 13.0 Å². The highest BCUT2D eigenvalue weighted by molar-refractivity contribution is 5.28. The van der Waals surface area contributed by atoms with E-state index in [1.165, 1.54) is 0 Å². The van der Waals surface area contributed by atoms with Crippen molar-refractivity contribution in [3.05, 3.63) is 23.5 Å². The van der Waals surface area contributed by atoms with Crippen LogP contribution in [0.4, 0.5) is 13.2 Å². The number of hydrogen-bond acceptors (Lipinski definition) is 2. The van der Waals surface area contributed by atoms with Crippen molar-refractivity contribution in [3.8, 4) is 6.07 Å². The molecular formula is C14H18F3N3. The zero-order valence-electron chi connectivity index (χ0n) is 11.4. The van der Waals surface area contributed by atoms with Gasteiger partial charge in [-0.15, -0.1) is 0 Å². The van der Waals surface area contributed by atoms with E-state index in [0.717, 1.165) is 12.0 Å². The van der Waals surface area contributed by atoms with Crippen LogP contribution in [-0.4, -0.2) is 16.8 Å². The van der Waals surface area contributed by atoms with Gasteiger partial charge in [0.1, 0.15) is 11.8 Å². The largest absolute Gasteiger partial charge is 0.391 e. The van der Waals surface area contributed by atoms with Crippen LogP contribution in [0.25, 0.3) is 0 Å². The lowest BCUT2D eigenvalue weighted by Gasteiger charge is -2.31. The third-order valence-electron chi connectivity index (χ3n) is 3.91. The summed E-state index contributed by atoms with van der Waals surface area (Å²) in [6.45, 7) is 0.505. The number of rotatable bonds is 3. The summed E-state index contributed by atoms with van der Waals surface area (Å²) < 4.78 is 39.9. The van der Waals surface area contributed by atoms with Crippen molar-refractivity contribution < 1.29 is 13.2 Å². The van der Waals surface area contributed by atoms with E-state index in [1.54, 1.807) is 17.7 Å². The summed E-state index contributed by atoms with van der Waals surface area (Å²) in [7, 11) is 1.78. The van der Waals surface area contributed by atoms with Gasteiger partial charge < -0.3 is 9.88 Å². The van der Waals surface area contributed by atoms with Crippen LogP contribution in [-0.2, 0) is 13.6 Å². The van der Waals surface area contributed by atoms with Crippen LogP contribution >= 0.6 is 0 Å². The molecule has 0 saturated heterocycles. The zero-order chi connectivity index (χ0) is 14.8. The number of aromatic nitrogens is 1. The molecule has 0 aliphatic heterocycles. The van der Waals surface area contributed by atoms with Crippen molar-refractivity contribution in [3.63, 3.8) is 0 Å². The molecule has 110 valence electrons. The molecule has 2 rings (SSSR count). The molecule has 1 aliphatic rings. The molecule has 1 aromatic rings. The maximum absolute atomic E-state index is 12.7. The van der Waals surface area contributed by atoms with Gasteiger partial charge >= 0.3 is 6.18 Å². The molecule has 1 heterocycles. The normalized spacial score (nSPS) is 23.6. The minimum absolute atomic E-state index is 0.0962. The van der Waals surface area contributed by atoms with E-state index >= 15 is 0 Å². The van der Waals surface area contributed by atoms with Crippen LogP contribution in [0.5, 0.6) is 0 Å². The molecule has 1 N–H and O–H groups in total. The summed E-state index contributed by atoms with van der Waals surface area (Å²) in [4.78, 5) is 0. The van der Waals surface area contributed by atoms with Gasteiger partial charge in [-0.2, -0.15) is 18.4 Å². The lowest BCUT2D eigenvalue weighted by molar-refractivity contribution is -0.183. The molecular weight excluding hydrogens is 267 g/mol. The highest BCUT2D eigenvalue weighted by atomic mass is 19.4. The molecule has 6 heteroatoms. The van der Waals surface area contributed by atoms with Gasteiger partial charge in [0, 0.05) is 25.8 Å². The smallest absolute Gasteiger partial charge is 0.342 e. The Kier molecular flexibility index (Phi) is 4.39. The summed E-state index contributed by atoms with van der Waals surface area (Å²) in [5.41, 5.74) is 1.48. The second-order valence-electron chi connectivity index (χ2n) is 5.44. The van der Waals surface area contributed by atoms with Gasteiger partial charge in [0.05, 0.1) is 5.92 Å². The molecule has 0 amide bonds. The first-order valence-corrected chi connectivity index (χ1v) is 6.75. The summed E-state index contributed by atoms with van der Waals surface area (Å²) >= 11 is 0. The molecule has 20 heavy (non-hydrogen) atoms. The average molecular weight is 285 g/mol. The minimum atomic E-state index is -4.08. The van der Waals surface area contributed by atoms with E-state index in [9.17, 15) is 13.2 Å². The number of nitriles is 1. The Hall–Kier alpha value is -1.48. The maximum Gasteiger partial charge on any atom is 0.391 e. The Morgan fingerprint density at radius 3 is 2.80 bits per heavy atom. The van der Waals surface area contributed by atoms with Crippen molar-refractivity contribution in [1.82, 2.24) is 9.88 Å². The van der Waals surface area contributed by atoms with E-state index in [1.807, 2.05) is 6.20 Å². The van der Waals surface area contributed by atoms with E-state index in [0.29, 0.717) is 18.7 Å². The van der Waals surface area contributed by atoms with Gasteiger partial charge in [-0.25, -0.2) is 0 Å². The van der Waals surface area contributed by atoms with Gasteiger partial charge in [0.2, 0.25) is 0 Å². The summed E-state index contributed by atoms with van der Waals surface area (Å²) in [5.74, 6) is -1.18. The van der Waals surface area contributed by atoms with E-state index in [2.05, 4.69) is 11.4 Å². The Labute approximate surface area is 116 Å². The fraction of sp³-hybridized carbons (Fsp3) is 0.643. The molecule has 1 aliphatic carbocycles. The summed E-state index contributed by atoms with van der Waals surface area (Å²) in [6.07, 6.45) is -0.464. The van der Waals surface area contributed by atoms with Crippen LogP contribution in [0, 0.1) is 17.2 Å². The van der Waals surface area contributed by atoms with Gasteiger partial charge in [-0.1, -0.05) is 6.42 Å². The van der Waals surface area contributed by atoms with Gasteiger partial charge in [-0.05, 0) is 30.9 Å². The minimum Gasteiger partial charge on any atom is -0.342 e. The standard InChI is InChI=1S/C14H18F3N3/c1-20-9-10(5-13(20)7-18)8-19-12-4-2-3-11(6-12)14(15,16)17/h5,9,11-12,19H,2-4,6,8H2,1H3. The van der Waals surface area contributed by atoms with Gasteiger partial charge in [-0.3, -0.25) is 0 Å². The SMILES string of the molecule is Cn1cc(CNC2CCCC(C(F)(F)F)C2)cc1C#N. The Morgan fingerprint density at radius 1 is 1.45 bits per heavy atom. The average Bonchev–Trinajstić information content (AvgIpc) is 2.76. The van der Waals surface area contributed by atoms with Gasteiger partial charge in [0.15, 0.2) is 0 Å². The van der Waals surface area contributed by atoms with E-state index < -0.39 is 12.1 Å². The number of nitrogens with one attached hydrogen (secondary N) is 1. The number of hydrogen-bond donors (Lipinski definition) is 1. The molecule has 0 spiro atoms. The first-order chi connectivity index (χ1) is 9.40. The van der Waals surface area contributed by atoms with E-state index in [4.69, 9.17) is 5.26 Å². The third kappa shape index (κ3) is 3.54. The van der Waals surface area contributed by atoms with Crippen LogP contribution in [0.3, 0.4) is 0 Å². The zero-order valence-corrected chi connectivity index (χ0v) is 11.4. The second kappa shape index (κ2) is 5.88. The molecule has 3 nitrogen and oxygen atoms in total. The lowest BCUT2D eigenvalue weighted by Crippen LogP contribution is -2.38. The second-order valence-corrected chi connectivity index (χ2v) is 5.44. The molecule has 0 bridgehead atoms. The Morgan fingerprint density at radius 2 is 2.20 bits per heavy atom. The number of aryl methyl sites for hydroxylation is 1. The van der Waals surface area contributed by atoms with Crippen LogP contribution in [0.1, 0.15) is 36.9 Å². The summed E-state index contributed by atoms with van der Waals surface area (Å²) in [6, 6.07) is 3.73. The molecule has 2 unspecified atom stereocenters. The fourth-order valence-corrected chi connectivity index (χ4v) is 2.78. The maximum atomic E-state index is 12.7. The Bertz CT molecular complexity index is 499. The quantitative estimate of drug-likeness (QED) is 0.927. The van der Waals surface area contributed by atoms with Crippen molar-refractivity contribution in [2.75, 3.05) is 0 Å². The Balaban J connectivity index is 1.89. The molecule has 2 atom stereocenters. The van der Waals surface area contributed by atoms with Crippen molar-refractivity contribution in [2.45, 2.75) is 44.4 Å². The highest BCUT2D eigenvalue weighted by Crippen LogP contribution is 2.37. The highest BCUT2D eigenvalue weighted by Gasteiger charge is 2.41. The molecule has 0 radical (unpaired) electrons. The molecule has 0 aromatic carbocycles. The molecule has 1 fully saturated rings. The lowest BCUT2D eigenvalue weighted by atomic mass is 9.85. The fourth-order valence-electron chi connectivity index (χ4n) is 2.78. The van der Waals surface area contributed by atoms with Crippen molar-refractivity contribution in [1.29, 1.82) is 5.26 Å². The number of nitrogens with zero attached hydrogens (tertiary/aromatic N) is 2. The first-order valence-electron chi connectivity index (χ1n) is 6.75. The van der Waals surface area contributed by atoms with Crippen LogP contribution in [0.2, 0.25) is 0 Å².